The minimum absolute atomic E-state index is 0.152. The number of thiocarbonyl (C=S) groups is 1. The lowest BCUT2D eigenvalue weighted by Crippen LogP contribution is -2.33. The highest BCUT2D eigenvalue weighted by Crippen LogP contribution is 2.32. The standard InChI is InChI=1S/C18H15FN2O2S2/c1-23-15-8-2-12(3-9-15)10-16-17(22)21(18(24)25-16)11-20-14-6-4-13(19)5-7-14/h2-10,20H,11H2,1H3/b16-10+. The zero-order valence-corrected chi connectivity index (χ0v) is 15.0. The Morgan fingerprint density at radius 2 is 1.88 bits per heavy atom. The van der Waals surface area contributed by atoms with E-state index in [9.17, 15) is 9.18 Å². The maximum Gasteiger partial charge on any atom is 0.267 e. The van der Waals surface area contributed by atoms with Crippen molar-refractivity contribution in [3.8, 4) is 5.75 Å². The summed E-state index contributed by atoms with van der Waals surface area (Å²) < 4.78 is 18.5. The predicted molar refractivity (Wildman–Crippen MR) is 103 cm³/mol. The van der Waals surface area contributed by atoms with E-state index in [1.54, 1.807) is 25.3 Å². The van der Waals surface area contributed by atoms with Gasteiger partial charge in [0, 0.05) is 5.69 Å². The van der Waals surface area contributed by atoms with Crippen LogP contribution in [0.3, 0.4) is 0 Å². The van der Waals surface area contributed by atoms with Crippen LogP contribution in [0.25, 0.3) is 6.08 Å². The molecule has 25 heavy (non-hydrogen) atoms. The van der Waals surface area contributed by atoms with Crippen LogP contribution in [0.2, 0.25) is 0 Å². The Kier molecular flexibility index (Phi) is 5.35. The van der Waals surface area contributed by atoms with Gasteiger partial charge in [0.2, 0.25) is 0 Å². The minimum Gasteiger partial charge on any atom is -0.497 e. The Labute approximate surface area is 154 Å². The molecule has 0 spiro atoms. The fraction of sp³-hybridized carbons (Fsp3) is 0.111. The van der Waals surface area contributed by atoms with Gasteiger partial charge in [0.05, 0.1) is 18.7 Å². The number of nitrogens with one attached hydrogen (secondary N) is 1. The lowest BCUT2D eigenvalue weighted by atomic mass is 10.2. The van der Waals surface area contributed by atoms with Gasteiger partial charge in [-0.25, -0.2) is 4.39 Å². The number of ether oxygens (including phenoxy) is 1. The van der Waals surface area contributed by atoms with Crippen LogP contribution in [-0.4, -0.2) is 28.9 Å². The lowest BCUT2D eigenvalue weighted by molar-refractivity contribution is -0.121. The zero-order chi connectivity index (χ0) is 17.8. The third-order valence-electron chi connectivity index (χ3n) is 3.57. The van der Waals surface area contributed by atoms with Gasteiger partial charge in [0.15, 0.2) is 0 Å². The first-order chi connectivity index (χ1) is 12.1. The number of hydrogen-bond donors (Lipinski definition) is 1. The quantitative estimate of drug-likeness (QED) is 0.630. The Morgan fingerprint density at radius 1 is 1.20 bits per heavy atom. The molecule has 1 N–H and O–H groups in total. The number of hydrogen-bond acceptors (Lipinski definition) is 5. The van der Waals surface area contributed by atoms with Gasteiger partial charge in [-0.3, -0.25) is 9.69 Å². The van der Waals surface area contributed by atoms with Crippen LogP contribution in [0.1, 0.15) is 5.56 Å². The van der Waals surface area contributed by atoms with Gasteiger partial charge >= 0.3 is 0 Å². The molecule has 0 bridgehead atoms. The normalized spacial score (nSPS) is 15.8. The highest BCUT2D eigenvalue weighted by atomic mass is 32.2. The summed E-state index contributed by atoms with van der Waals surface area (Å²) in [5.74, 6) is 0.298. The molecular formula is C18H15FN2O2S2. The van der Waals surface area contributed by atoms with E-state index < -0.39 is 0 Å². The number of halogens is 1. The fourth-order valence-corrected chi connectivity index (χ4v) is 3.48. The van der Waals surface area contributed by atoms with Gasteiger partial charge in [-0.2, -0.15) is 0 Å². The molecule has 1 aliphatic heterocycles. The SMILES string of the molecule is COc1ccc(/C=C2/SC(=S)N(CNc3ccc(F)cc3)C2=O)cc1. The number of anilines is 1. The van der Waals surface area contributed by atoms with Crippen molar-refractivity contribution in [3.63, 3.8) is 0 Å². The molecule has 128 valence electrons. The number of methoxy groups -OCH3 is 1. The summed E-state index contributed by atoms with van der Waals surface area (Å²) in [7, 11) is 1.61. The van der Waals surface area contributed by atoms with Gasteiger partial charge in [-0.1, -0.05) is 36.1 Å². The lowest BCUT2D eigenvalue weighted by Gasteiger charge is -2.16. The van der Waals surface area contributed by atoms with Crippen molar-refractivity contribution in [3.05, 3.63) is 64.8 Å². The summed E-state index contributed by atoms with van der Waals surface area (Å²) >= 11 is 6.56. The Bertz CT molecular complexity index is 820. The van der Waals surface area contributed by atoms with E-state index in [-0.39, 0.29) is 18.4 Å². The maximum atomic E-state index is 12.9. The van der Waals surface area contributed by atoms with Gasteiger partial charge < -0.3 is 10.1 Å². The van der Waals surface area contributed by atoms with Gasteiger partial charge in [0.1, 0.15) is 15.9 Å². The van der Waals surface area contributed by atoms with Crippen molar-refractivity contribution in [1.82, 2.24) is 4.90 Å². The molecule has 0 saturated carbocycles. The summed E-state index contributed by atoms with van der Waals surface area (Å²) in [6.45, 7) is 0.232. The Hall–Kier alpha value is -2.38. The molecule has 7 heteroatoms. The van der Waals surface area contributed by atoms with E-state index in [2.05, 4.69) is 5.32 Å². The second-order valence-corrected chi connectivity index (χ2v) is 6.90. The van der Waals surface area contributed by atoms with Crippen LogP contribution in [0.15, 0.2) is 53.4 Å². The number of rotatable bonds is 5. The van der Waals surface area contributed by atoms with Crippen LogP contribution in [0.4, 0.5) is 10.1 Å². The van der Waals surface area contributed by atoms with E-state index in [1.165, 1.54) is 28.8 Å². The molecule has 1 amide bonds. The molecule has 0 unspecified atom stereocenters. The highest BCUT2D eigenvalue weighted by molar-refractivity contribution is 8.26. The number of nitrogens with zero attached hydrogens (tertiary/aromatic N) is 1. The smallest absolute Gasteiger partial charge is 0.267 e. The Morgan fingerprint density at radius 3 is 2.52 bits per heavy atom. The molecule has 0 radical (unpaired) electrons. The zero-order valence-electron chi connectivity index (χ0n) is 13.4. The topological polar surface area (TPSA) is 41.6 Å². The molecule has 1 heterocycles. The molecule has 4 nitrogen and oxygen atoms in total. The van der Waals surface area contributed by atoms with E-state index in [4.69, 9.17) is 17.0 Å². The second kappa shape index (κ2) is 7.67. The van der Waals surface area contributed by atoms with E-state index >= 15 is 0 Å². The number of thioether (sulfide) groups is 1. The predicted octanol–water partition coefficient (Wildman–Crippen LogP) is 4.11. The van der Waals surface area contributed by atoms with Crippen molar-refractivity contribution >= 4 is 46.0 Å². The third kappa shape index (κ3) is 4.18. The molecular weight excluding hydrogens is 359 g/mol. The molecule has 2 aromatic carbocycles. The first-order valence-electron chi connectivity index (χ1n) is 7.45. The van der Waals surface area contributed by atoms with Crippen molar-refractivity contribution in [1.29, 1.82) is 0 Å². The number of amides is 1. The van der Waals surface area contributed by atoms with Gasteiger partial charge in [-0.05, 0) is 48.0 Å². The number of carbonyl (C=O) groups is 1. The molecule has 2 aromatic rings. The molecule has 1 aliphatic rings. The number of carbonyl (C=O) groups excluding carboxylic acids is 1. The summed E-state index contributed by atoms with van der Waals surface area (Å²) in [5, 5.41) is 3.07. The van der Waals surface area contributed by atoms with Crippen LogP contribution in [0.5, 0.6) is 5.75 Å². The molecule has 0 atom stereocenters. The Balaban J connectivity index is 1.68. The van der Waals surface area contributed by atoms with E-state index in [1.807, 2.05) is 24.3 Å². The van der Waals surface area contributed by atoms with Crippen LogP contribution >= 0.6 is 24.0 Å². The molecule has 1 fully saturated rings. The molecule has 3 rings (SSSR count). The maximum absolute atomic E-state index is 12.9. The largest absolute Gasteiger partial charge is 0.497 e. The van der Waals surface area contributed by atoms with Crippen molar-refractivity contribution in [2.45, 2.75) is 0 Å². The first kappa shape index (κ1) is 17.4. The summed E-state index contributed by atoms with van der Waals surface area (Å²) in [4.78, 5) is 14.6. The van der Waals surface area contributed by atoms with E-state index in [0.29, 0.717) is 9.23 Å². The van der Waals surface area contributed by atoms with Crippen molar-refractivity contribution in [2.24, 2.45) is 0 Å². The van der Waals surface area contributed by atoms with Crippen LogP contribution < -0.4 is 10.1 Å². The van der Waals surface area contributed by atoms with E-state index in [0.717, 1.165) is 17.0 Å². The monoisotopic (exact) mass is 374 g/mol. The molecule has 1 saturated heterocycles. The molecule has 0 aliphatic carbocycles. The summed E-state index contributed by atoms with van der Waals surface area (Å²) in [6.07, 6.45) is 1.80. The first-order valence-corrected chi connectivity index (χ1v) is 8.68. The summed E-state index contributed by atoms with van der Waals surface area (Å²) in [5.41, 5.74) is 1.61. The summed E-state index contributed by atoms with van der Waals surface area (Å²) in [6, 6.07) is 13.4. The highest BCUT2D eigenvalue weighted by Gasteiger charge is 2.31. The van der Waals surface area contributed by atoms with Crippen molar-refractivity contribution in [2.75, 3.05) is 19.1 Å². The van der Waals surface area contributed by atoms with Crippen LogP contribution in [-0.2, 0) is 4.79 Å². The average molecular weight is 374 g/mol. The second-order valence-electron chi connectivity index (χ2n) is 5.22. The van der Waals surface area contributed by atoms with Crippen molar-refractivity contribution < 1.29 is 13.9 Å². The average Bonchev–Trinajstić information content (AvgIpc) is 2.89. The third-order valence-corrected chi connectivity index (χ3v) is 4.95. The fourth-order valence-electron chi connectivity index (χ4n) is 2.23. The molecule has 0 aromatic heterocycles. The van der Waals surface area contributed by atoms with Gasteiger partial charge in [-0.15, -0.1) is 0 Å². The van der Waals surface area contributed by atoms with Gasteiger partial charge in [0.25, 0.3) is 5.91 Å². The van der Waals surface area contributed by atoms with Crippen LogP contribution in [0, 0.1) is 5.82 Å². The minimum atomic E-state index is -0.307. The number of benzene rings is 2.